The number of para-hydroxylation sites is 1. The first-order valence-electron chi connectivity index (χ1n) is 8.01. The number of carbonyl (C=O) groups excluding carboxylic acids is 1. The van der Waals surface area contributed by atoms with Gasteiger partial charge in [-0.25, -0.2) is 4.39 Å². The van der Waals surface area contributed by atoms with E-state index in [0.717, 1.165) is 25.7 Å². The summed E-state index contributed by atoms with van der Waals surface area (Å²) >= 11 is 0. The number of nitrogens with zero attached hydrogens (tertiary/aromatic N) is 1. The SMILES string of the molecule is CN(C(=O)[C@@H]1CCOc2c(F)cccc21)C1CCC(N)CC1.Cl. The monoisotopic (exact) mass is 342 g/mol. The minimum atomic E-state index is -0.388. The summed E-state index contributed by atoms with van der Waals surface area (Å²) in [5.41, 5.74) is 6.61. The van der Waals surface area contributed by atoms with Gasteiger partial charge in [-0.15, -0.1) is 12.4 Å². The second-order valence-electron chi connectivity index (χ2n) is 6.37. The Bertz CT molecular complexity index is 562. The molecule has 1 saturated carbocycles. The van der Waals surface area contributed by atoms with Crippen molar-refractivity contribution in [2.24, 2.45) is 5.73 Å². The van der Waals surface area contributed by atoms with Gasteiger partial charge in [-0.2, -0.15) is 0 Å². The Morgan fingerprint density at radius 3 is 2.65 bits per heavy atom. The fourth-order valence-electron chi connectivity index (χ4n) is 3.56. The maximum Gasteiger partial charge on any atom is 0.230 e. The predicted molar refractivity (Wildman–Crippen MR) is 89.5 cm³/mol. The van der Waals surface area contributed by atoms with Gasteiger partial charge in [0.25, 0.3) is 0 Å². The molecule has 1 aromatic rings. The second kappa shape index (κ2) is 7.49. The first-order valence-corrected chi connectivity index (χ1v) is 8.01. The van der Waals surface area contributed by atoms with Gasteiger partial charge in [0, 0.05) is 24.7 Å². The van der Waals surface area contributed by atoms with Crippen LogP contribution in [0.5, 0.6) is 5.75 Å². The minimum Gasteiger partial charge on any atom is -0.490 e. The van der Waals surface area contributed by atoms with Gasteiger partial charge in [0.1, 0.15) is 0 Å². The van der Waals surface area contributed by atoms with E-state index in [9.17, 15) is 9.18 Å². The molecule has 1 amide bonds. The highest BCUT2D eigenvalue weighted by atomic mass is 35.5. The third-order valence-corrected chi connectivity index (χ3v) is 4.96. The molecule has 3 rings (SSSR count). The van der Waals surface area contributed by atoms with E-state index >= 15 is 0 Å². The van der Waals surface area contributed by atoms with Crippen molar-refractivity contribution in [3.63, 3.8) is 0 Å². The molecule has 4 nitrogen and oxygen atoms in total. The zero-order valence-corrected chi connectivity index (χ0v) is 14.2. The van der Waals surface area contributed by atoms with Crippen LogP contribution in [0.4, 0.5) is 4.39 Å². The highest BCUT2D eigenvalue weighted by molar-refractivity contribution is 5.85. The van der Waals surface area contributed by atoms with Crippen molar-refractivity contribution >= 4 is 18.3 Å². The molecule has 0 aromatic heterocycles. The van der Waals surface area contributed by atoms with E-state index in [1.165, 1.54) is 6.07 Å². The zero-order chi connectivity index (χ0) is 15.7. The second-order valence-corrected chi connectivity index (χ2v) is 6.37. The quantitative estimate of drug-likeness (QED) is 0.899. The van der Waals surface area contributed by atoms with E-state index in [1.54, 1.807) is 12.1 Å². The number of likely N-dealkylation sites (N-methyl/N-ethyl adjacent to an activating group) is 1. The highest BCUT2D eigenvalue weighted by Crippen LogP contribution is 2.37. The van der Waals surface area contributed by atoms with Crippen LogP contribution in [0.25, 0.3) is 0 Å². The molecule has 1 heterocycles. The van der Waals surface area contributed by atoms with Crippen LogP contribution in [0.15, 0.2) is 18.2 Å². The molecule has 1 aromatic carbocycles. The average Bonchev–Trinajstić information content (AvgIpc) is 2.54. The summed E-state index contributed by atoms with van der Waals surface area (Å²) in [6, 6.07) is 5.32. The van der Waals surface area contributed by atoms with E-state index in [1.807, 2.05) is 11.9 Å². The van der Waals surface area contributed by atoms with Gasteiger partial charge in [-0.05, 0) is 38.2 Å². The molecule has 1 atom stereocenters. The Labute approximate surface area is 142 Å². The summed E-state index contributed by atoms with van der Waals surface area (Å²) in [6.45, 7) is 0.383. The molecule has 0 radical (unpaired) electrons. The fraction of sp³-hybridized carbons (Fsp3) is 0.588. The van der Waals surface area contributed by atoms with Gasteiger partial charge in [0.15, 0.2) is 11.6 Å². The molecule has 0 unspecified atom stereocenters. The lowest BCUT2D eigenvalue weighted by atomic mass is 9.88. The number of hydrogen-bond acceptors (Lipinski definition) is 3. The van der Waals surface area contributed by atoms with Crippen molar-refractivity contribution in [3.05, 3.63) is 29.6 Å². The average molecular weight is 343 g/mol. The molecule has 2 aliphatic rings. The van der Waals surface area contributed by atoms with Crippen LogP contribution in [-0.2, 0) is 4.79 Å². The van der Waals surface area contributed by atoms with Gasteiger partial charge in [-0.3, -0.25) is 4.79 Å². The maximum absolute atomic E-state index is 13.8. The number of halogens is 2. The molecule has 128 valence electrons. The van der Waals surface area contributed by atoms with Crippen molar-refractivity contribution in [1.29, 1.82) is 0 Å². The van der Waals surface area contributed by atoms with Crippen molar-refractivity contribution < 1.29 is 13.9 Å². The molecule has 6 heteroatoms. The Morgan fingerprint density at radius 2 is 1.96 bits per heavy atom. The molecule has 1 aliphatic heterocycles. The first-order chi connectivity index (χ1) is 10.6. The number of fused-ring (bicyclic) bond motifs is 1. The van der Waals surface area contributed by atoms with E-state index in [0.29, 0.717) is 18.6 Å². The Morgan fingerprint density at radius 1 is 1.26 bits per heavy atom. The Hall–Kier alpha value is -1.33. The number of amides is 1. The minimum absolute atomic E-state index is 0. The van der Waals surface area contributed by atoms with E-state index < -0.39 is 0 Å². The number of benzene rings is 1. The molecule has 0 bridgehead atoms. The maximum atomic E-state index is 13.8. The number of nitrogens with two attached hydrogens (primary N) is 1. The van der Waals surface area contributed by atoms with Crippen molar-refractivity contribution in [1.82, 2.24) is 4.90 Å². The van der Waals surface area contributed by atoms with Crippen LogP contribution >= 0.6 is 12.4 Å². The van der Waals surface area contributed by atoms with Crippen LogP contribution in [0.2, 0.25) is 0 Å². The van der Waals surface area contributed by atoms with Crippen LogP contribution in [-0.4, -0.2) is 36.5 Å². The topological polar surface area (TPSA) is 55.6 Å². The van der Waals surface area contributed by atoms with Gasteiger partial charge >= 0.3 is 0 Å². The predicted octanol–water partition coefficient (Wildman–Crippen LogP) is 2.84. The lowest BCUT2D eigenvalue weighted by molar-refractivity contribution is -0.135. The van der Waals surface area contributed by atoms with Gasteiger partial charge in [-0.1, -0.05) is 12.1 Å². The number of carbonyl (C=O) groups is 1. The number of rotatable bonds is 2. The fourth-order valence-corrected chi connectivity index (χ4v) is 3.56. The standard InChI is InChI=1S/C17H23FN2O2.ClH/c1-20(12-7-5-11(19)6-8-12)17(21)14-9-10-22-16-13(14)3-2-4-15(16)18;/h2-4,11-12,14H,5-10,19H2,1H3;1H/t11?,12?,14-;/m1./s1. The van der Waals surface area contributed by atoms with Crippen LogP contribution in [0, 0.1) is 5.82 Å². The first kappa shape index (κ1) is 18.0. The Balaban J connectivity index is 0.00000192. The largest absolute Gasteiger partial charge is 0.490 e. The molecular weight excluding hydrogens is 319 g/mol. The molecule has 23 heavy (non-hydrogen) atoms. The smallest absolute Gasteiger partial charge is 0.230 e. The molecule has 0 saturated heterocycles. The van der Waals surface area contributed by atoms with Crippen molar-refractivity contribution in [2.45, 2.75) is 50.1 Å². The third-order valence-electron chi connectivity index (χ3n) is 4.96. The van der Waals surface area contributed by atoms with E-state index in [-0.39, 0.29) is 47.9 Å². The molecule has 1 aliphatic carbocycles. The summed E-state index contributed by atoms with van der Waals surface area (Å²) in [5, 5.41) is 0. The van der Waals surface area contributed by atoms with Gasteiger partial charge in [0.2, 0.25) is 5.91 Å². The number of hydrogen-bond donors (Lipinski definition) is 1. The van der Waals surface area contributed by atoms with Gasteiger partial charge < -0.3 is 15.4 Å². The summed E-state index contributed by atoms with van der Waals surface area (Å²) in [5.74, 6) is -0.386. The molecule has 1 fully saturated rings. The van der Waals surface area contributed by atoms with Crippen LogP contribution in [0.1, 0.15) is 43.6 Å². The summed E-state index contributed by atoms with van der Waals surface area (Å²) in [7, 11) is 1.86. The van der Waals surface area contributed by atoms with Crippen LogP contribution < -0.4 is 10.5 Å². The number of ether oxygens (including phenoxy) is 1. The van der Waals surface area contributed by atoms with Crippen LogP contribution in [0.3, 0.4) is 0 Å². The normalized spacial score (nSPS) is 26.5. The van der Waals surface area contributed by atoms with Gasteiger partial charge in [0.05, 0.1) is 12.5 Å². The van der Waals surface area contributed by atoms with E-state index in [4.69, 9.17) is 10.5 Å². The zero-order valence-electron chi connectivity index (χ0n) is 13.3. The Kier molecular flexibility index (Phi) is 5.87. The molecule has 0 spiro atoms. The van der Waals surface area contributed by atoms with Crippen molar-refractivity contribution in [2.75, 3.05) is 13.7 Å². The summed E-state index contributed by atoms with van der Waals surface area (Å²) < 4.78 is 19.3. The molecule has 2 N–H and O–H groups in total. The summed E-state index contributed by atoms with van der Waals surface area (Å²) in [4.78, 5) is 14.7. The third kappa shape index (κ3) is 3.61. The lowest BCUT2D eigenvalue weighted by Gasteiger charge is -2.36. The highest BCUT2D eigenvalue weighted by Gasteiger charge is 2.34. The molecular formula is C17H24ClFN2O2. The summed E-state index contributed by atoms with van der Waals surface area (Å²) in [6.07, 6.45) is 4.42. The van der Waals surface area contributed by atoms with Crippen molar-refractivity contribution in [3.8, 4) is 5.75 Å². The van der Waals surface area contributed by atoms with E-state index in [2.05, 4.69) is 0 Å². The lowest BCUT2D eigenvalue weighted by Crippen LogP contribution is -2.44.